The second-order valence-electron chi connectivity index (χ2n) is 3.80. The van der Waals surface area contributed by atoms with E-state index in [1.165, 1.54) is 5.56 Å². The van der Waals surface area contributed by atoms with E-state index >= 15 is 0 Å². The van der Waals surface area contributed by atoms with Crippen LogP contribution < -0.4 is 5.32 Å². The molecule has 2 rings (SSSR count). The van der Waals surface area contributed by atoms with Gasteiger partial charge in [-0.3, -0.25) is 0 Å². The van der Waals surface area contributed by atoms with E-state index in [-0.39, 0.29) is 12.1 Å². The fourth-order valence-electron chi connectivity index (χ4n) is 1.93. The molecule has 1 aromatic rings. The van der Waals surface area contributed by atoms with Crippen LogP contribution in [0, 0.1) is 0 Å². The van der Waals surface area contributed by atoms with Crippen molar-refractivity contribution in [2.45, 2.75) is 19.1 Å². The third-order valence-electron chi connectivity index (χ3n) is 2.66. The molecule has 17 heavy (non-hydrogen) atoms. The molecule has 0 amide bonds. The Bertz CT molecular complexity index is 366. The Balaban J connectivity index is 2.18. The number of rotatable bonds is 4. The van der Waals surface area contributed by atoms with Gasteiger partial charge < -0.3 is 14.8 Å². The topological polar surface area (TPSA) is 30.5 Å². The quantitative estimate of drug-likeness (QED) is 0.863. The predicted molar refractivity (Wildman–Crippen MR) is 76.7 cm³/mol. The first-order valence-electron chi connectivity index (χ1n) is 5.59. The SMILES string of the molecule is CCNC(c1cc(Br)sc1Br)C1COCCO1. The summed E-state index contributed by atoms with van der Waals surface area (Å²) in [5, 5.41) is 3.47. The first-order chi connectivity index (χ1) is 8.22. The standard InChI is InChI=1S/C11H15Br2NO2S/c1-2-14-10(8-6-15-3-4-16-8)7-5-9(12)17-11(7)13/h5,8,10,14H,2-4,6H2,1H3. The molecule has 1 fully saturated rings. The maximum absolute atomic E-state index is 5.79. The molecule has 1 N–H and O–H groups in total. The van der Waals surface area contributed by atoms with Crippen molar-refractivity contribution in [2.24, 2.45) is 0 Å². The molecule has 1 aliphatic heterocycles. The van der Waals surface area contributed by atoms with Crippen LogP contribution in [0.2, 0.25) is 0 Å². The molecule has 0 aliphatic carbocycles. The van der Waals surface area contributed by atoms with Gasteiger partial charge in [0, 0.05) is 0 Å². The molecule has 2 heterocycles. The molecular formula is C11H15Br2NO2S. The molecule has 6 heteroatoms. The monoisotopic (exact) mass is 383 g/mol. The van der Waals surface area contributed by atoms with Crippen LogP contribution in [0.1, 0.15) is 18.5 Å². The lowest BCUT2D eigenvalue weighted by molar-refractivity contribution is -0.102. The number of halogens is 2. The fourth-order valence-corrected chi connectivity index (χ4v) is 4.85. The average Bonchev–Trinajstić information content (AvgIpc) is 2.66. The Morgan fingerprint density at radius 3 is 2.88 bits per heavy atom. The Labute approximate surface area is 122 Å². The van der Waals surface area contributed by atoms with Gasteiger partial charge in [-0.2, -0.15) is 0 Å². The highest BCUT2D eigenvalue weighted by Gasteiger charge is 2.28. The van der Waals surface area contributed by atoms with Crippen molar-refractivity contribution in [1.29, 1.82) is 0 Å². The van der Waals surface area contributed by atoms with Gasteiger partial charge in [0.05, 0.1) is 33.4 Å². The van der Waals surface area contributed by atoms with Crippen molar-refractivity contribution < 1.29 is 9.47 Å². The van der Waals surface area contributed by atoms with E-state index in [2.05, 4.69) is 50.2 Å². The molecule has 1 saturated heterocycles. The summed E-state index contributed by atoms with van der Waals surface area (Å²) in [7, 11) is 0. The van der Waals surface area contributed by atoms with E-state index < -0.39 is 0 Å². The highest BCUT2D eigenvalue weighted by Crippen LogP contribution is 2.37. The largest absolute Gasteiger partial charge is 0.376 e. The maximum atomic E-state index is 5.79. The molecular weight excluding hydrogens is 370 g/mol. The van der Waals surface area contributed by atoms with E-state index in [9.17, 15) is 0 Å². The molecule has 0 saturated carbocycles. The lowest BCUT2D eigenvalue weighted by Gasteiger charge is -2.31. The number of hydrogen-bond donors (Lipinski definition) is 1. The van der Waals surface area contributed by atoms with Crippen LogP contribution in [-0.4, -0.2) is 32.5 Å². The Morgan fingerprint density at radius 2 is 2.35 bits per heavy atom. The van der Waals surface area contributed by atoms with Crippen LogP contribution in [0.25, 0.3) is 0 Å². The minimum atomic E-state index is 0.0847. The number of thiophene rings is 1. The molecule has 1 aromatic heterocycles. The van der Waals surface area contributed by atoms with Gasteiger partial charge in [0.1, 0.15) is 6.10 Å². The van der Waals surface area contributed by atoms with Crippen molar-refractivity contribution in [3.8, 4) is 0 Å². The number of nitrogens with one attached hydrogen (secondary N) is 1. The highest BCUT2D eigenvalue weighted by atomic mass is 79.9. The van der Waals surface area contributed by atoms with Gasteiger partial charge in [-0.1, -0.05) is 6.92 Å². The van der Waals surface area contributed by atoms with Gasteiger partial charge in [0.2, 0.25) is 0 Å². The van der Waals surface area contributed by atoms with Crippen LogP contribution in [-0.2, 0) is 9.47 Å². The van der Waals surface area contributed by atoms with Gasteiger partial charge in [0.15, 0.2) is 0 Å². The van der Waals surface area contributed by atoms with Crippen molar-refractivity contribution in [2.75, 3.05) is 26.4 Å². The molecule has 0 radical (unpaired) electrons. The summed E-state index contributed by atoms with van der Waals surface area (Å²) in [6, 6.07) is 2.32. The first kappa shape index (κ1) is 14.0. The molecule has 1 aliphatic rings. The van der Waals surface area contributed by atoms with Gasteiger partial charge in [0.25, 0.3) is 0 Å². The number of hydrogen-bond acceptors (Lipinski definition) is 4. The minimum Gasteiger partial charge on any atom is -0.376 e. The van der Waals surface area contributed by atoms with Crippen molar-refractivity contribution in [3.05, 3.63) is 19.2 Å². The summed E-state index contributed by atoms with van der Waals surface area (Å²) in [5.41, 5.74) is 1.24. The van der Waals surface area contributed by atoms with E-state index in [1.807, 2.05) is 0 Å². The van der Waals surface area contributed by atoms with E-state index in [0.29, 0.717) is 19.8 Å². The third kappa shape index (κ3) is 3.52. The normalized spacial score (nSPS) is 22.6. The van der Waals surface area contributed by atoms with Crippen LogP contribution in [0.4, 0.5) is 0 Å². The van der Waals surface area contributed by atoms with Crippen molar-refractivity contribution >= 4 is 43.2 Å². The van der Waals surface area contributed by atoms with E-state index in [4.69, 9.17) is 9.47 Å². The van der Waals surface area contributed by atoms with Crippen molar-refractivity contribution in [1.82, 2.24) is 5.32 Å². The molecule has 0 aromatic carbocycles. The molecule has 2 unspecified atom stereocenters. The van der Waals surface area contributed by atoms with Crippen LogP contribution in [0.15, 0.2) is 13.6 Å². The smallest absolute Gasteiger partial charge is 0.100 e. The van der Waals surface area contributed by atoms with Gasteiger partial charge >= 0.3 is 0 Å². The van der Waals surface area contributed by atoms with Gasteiger partial charge in [-0.25, -0.2) is 0 Å². The second-order valence-corrected chi connectivity index (χ2v) is 7.55. The summed E-state index contributed by atoms with van der Waals surface area (Å²) < 4.78 is 13.5. The number of likely N-dealkylation sites (N-methyl/N-ethyl adjacent to an activating group) is 1. The van der Waals surface area contributed by atoms with Gasteiger partial charge in [-0.15, -0.1) is 11.3 Å². The summed E-state index contributed by atoms with van der Waals surface area (Å²) >= 11 is 8.81. The Kier molecular flexibility index (Phi) is 5.45. The lowest BCUT2D eigenvalue weighted by Crippen LogP contribution is -2.40. The highest BCUT2D eigenvalue weighted by molar-refractivity contribution is 9.12. The van der Waals surface area contributed by atoms with Crippen LogP contribution in [0.3, 0.4) is 0 Å². The van der Waals surface area contributed by atoms with Gasteiger partial charge in [-0.05, 0) is 50.0 Å². The molecule has 0 bridgehead atoms. The summed E-state index contributed by atoms with van der Waals surface area (Å²) in [6.07, 6.45) is 0.0847. The third-order valence-corrected chi connectivity index (χ3v) is 5.04. The summed E-state index contributed by atoms with van der Waals surface area (Å²) in [4.78, 5) is 0. The summed E-state index contributed by atoms with van der Waals surface area (Å²) in [5.74, 6) is 0. The molecule has 96 valence electrons. The Morgan fingerprint density at radius 1 is 1.53 bits per heavy atom. The van der Waals surface area contributed by atoms with Crippen LogP contribution in [0.5, 0.6) is 0 Å². The van der Waals surface area contributed by atoms with Crippen LogP contribution >= 0.6 is 43.2 Å². The first-order valence-corrected chi connectivity index (χ1v) is 8.00. The lowest BCUT2D eigenvalue weighted by atomic mass is 10.0. The molecule has 2 atom stereocenters. The molecule has 0 spiro atoms. The average molecular weight is 385 g/mol. The predicted octanol–water partition coefficient (Wildman–Crippen LogP) is 3.34. The Hall–Kier alpha value is 0.540. The zero-order chi connectivity index (χ0) is 12.3. The number of ether oxygens (including phenoxy) is 2. The zero-order valence-corrected chi connectivity index (χ0v) is 13.5. The van der Waals surface area contributed by atoms with E-state index in [0.717, 1.165) is 14.1 Å². The van der Waals surface area contributed by atoms with Crippen molar-refractivity contribution in [3.63, 3.8) is 0 Å². The zero-order valence-electron chi connectivity index (χ0n) is 9.54. The maximum Gasteiger partial charge on any atom is 0.100 e. The fraction of sp³-hybridized carbons (Fsp3) is 0.636. The summed E-state index contributed by atoms with van der Waals surface area (Å²) in [6.45, 7) is 5.04. The minimum absolute atomic E-state index is 0.0847. The molecule has 3 nitrogen and oxygen atoms in total. The van der Waals surface area contributed by atoms with E-state index in [1.54, 1.807) is 11.3 Å². The second kappa shape index (κ2) is 6.63.